The van der Waals surface area contributed by atoms with E-state index in [2.05, 4.69) is 38.1 Å². The number of methoxy groups -OCH3 is 1. The lowest BCUT2D eigenvalue weighted by Gasteiger charge is -2.11. The minimum absolute atomic E-state index is 0.0617. The maximum Gasteiger partial charge on any atom is 0.229 e. The lowest BCUT2D eigenvalue weighted by Crippen LogP contribution is -2.14. The molecule has 0 aliphatic heterocycles. The van der Waals surface area contributed by atoms with Gasteiger partial charge in [0.25, 0.3) is 0 Å². The molecular formula is C30H27N5O2. The summed E-state index contributed by atoms with van der Waals surface area (Å²) >= 11 is 0. The zero-order valence-corrected chi connectivity index (χ0v) is 20.7. The van der Waals surface area contributed by atoms with Crippen LogP contribution in [-0.2, 0) is 11.2 Å². The Morgan fingerprint density at radius 1 is 0.784 bits per heavy atom. The highest BCUT2D eigenvalue weighted by Crippen LogP contribution is 2.23. The van der Waals surface area contributed by atoms with Crippen LogP contribution in [0.5, 0.6) is 5.75 Å². The first kappa shape index (κ1) is 23.8. The first-order valence-corrected chi connectivity index (χ1v) is 12.0. The topological polar surface area (TPSA) is 88.2 Å². The van der Waals surface area contributed by atoms with Gasteiger partial charge in [0.05, 0.1) is 13.5 Å². The Hall–Kier alpha value is -4.91. The number of fused-ring (bicyclic) bond motifs is 1. The van der Waals surface area contributed by atoms with Crippen molar-refractivity contribution in [2.75, 3.05) is 23.1 Å². The van der Waals surface area contributed by atoms with Crippen molar-refractivity contribution >= 4 is 45.5 Å². The number of carbonyl (C=O) groups excluding carboxylic acids is 1. The molecule has 7 heteroatoms. The highest BCUT2D eigenvalue weighted by Gasteiger charge is 2.08. The predicted molar refractivity (Wildman–Crippen MR) is 149 cm³/mol. The normalized spacial score (nSPS) is 10.6. The molecule has 184 valence electrons. The van der Waals surface area contributed by atoms with Crippen LogP contribution < -0.4 is 20.7 Å². The van der Waals surface area contributed by atoms with Crippen molar-refractivity contribution in [3.8, 4) is 5.75 Å². The van der Waals surface area contributed by atoms with E-state index < -0.39 is 0 Å². The van der Waals surface area contributed by atoms with Crippen molar-refractivity contribution < 1.29 is 9.53 Å². The average Bonchev–Trinajstić information content (AvgIpc) is 2.90. The van der Waals surface area contributed by atoms with Crippen molar-refractivity contribution in [2.45, 2.75) is 13.3 Å². The van der Waals surface area contributed by atoms with Gasteiger partial charge in [-0.3, -0.25) is 4.79 Å². The number of nitrogens with one attached hydrogen (secondary N) is 3. The van der Waals surface area contributed by atoms with E-state index in [1.807, 2.05) is 91.9 Å². The van der Waals surface area contributed by atoms with Gasteiger partial charge in [0.15, 0.2) is 0 Å². The fourth-order valence-corrected chi connectivity index (χ4v) is 4.10. The van der Waals surface area contributed by atoms with Crippen LogP contribution in [0.3, 0.4) is 0 Å². The molecular weight excluding hydrogens is 462 g/mol. The van der Waals surface area contributed by atoms with E-state index in [1.165, 1.54) is 0 Å². The second kappa shape index (κ2) is 10.8. The highest BCUT2D eigenvalue weighted by molar-refractivity contribution is 5.96. The fourth-order valence-electron chi connectivity index (χ4n) is 4.10. The van der Waals surface area contributed by atoms with Crippen molar-refractivity contribution in [1.82, 2.24) is 9.97 Å². The molecule has 5 aromatic rings. The summed E-state index contributed by atoms with van der Waals surface area (Å²) in [6, 6.07) is 31.1. The molecule has 0 aliphatic carbocycles. The molecule has 0 bridgehead atoms. The highest BCUT2D eigenvalue weighted by atomic mass is 16.5. The minimum atomic E-state index is -0.0617. The summed E-state index contributed by atoms with van der Waals surface area (Å²) in [5, 5.41) is 11.7. The Bertz CT molecular complexity index is 1530. The van der Waals surface area contributed by atoms with E-state index in [1.54, 1.807) is 7.11 Å². The molecule has 1 amide bonds. The van der Waals surface area contributed by atoms with E-state index in [-0.39, 0.29) is 5.91 Å². The van der Waals surface area contributed by atoms with Gasteiger partial charge in [-0.1, -0.05) is 42.5 Å². The molecule has 0 fully saturated rings. The quantitative estimate of drug-likeness (QED) is 0.227. The van der Waals surface area contributed by atoms with Crippen LogP contribution >= 0.6 is 0 Å². The SMILES string of the molecule is COc1ccc(Nc2cc(C)nc(Nc3ccc(NC(=O)Cc4cccc5ccccc45)cc3)n2)cc1. The van der Waals surface area contributed by atoms with Gasteiger partial charge in [0, 0.05) is 28.8 Å². The van der Waals surface area contributed by atoms with Crippen LogP contribution in [0.1, 0.15) is 11.3 Å². The van der Waals surface area contributed by atoms with Gasteiger partial charge in [-0.2, -0.15) is 4.98 Å². The Morgan fingerprint density at radius 3 is 2.24 bits per heavy atom. The molecule has 5 rings (SSSR count). The molecule has 7 nitrogen and oxygen atoms in total. The van der Waals surface area contributed by atoms with Crippen molar-refractivity contribution in [1.29, 1.82) is 0 Å². The van der Waals surface area contributed by atoms with Crippen molar-refractivity contribution in [3.05, 3.63) is 108 Å². The van der Waals surface area contributed by atoms with E-state index in [0.717, 1.165) is 44.8 Å². The Morgan fingerprint density at radius 2 is 1.46 bits per heavy atom. The molecule has 4 aromatic carbocycles. The van der Waals surface area contributed by atoms with Crippen LogP contribution in [0.2, 0.25) is 0 Å². The van der Waals surface area contributed by atoms with E-state index in [4.69, 9.17) is 4.74 Å². The van der Waals surface area contributed by atoms with Gasteiger partial charge in [0.2, 0.25) is 11.9 Å². The van der Waals surface area contributed by atoms with E-state index >= 15 is 0 Å². The molecule has 0 aliphatic rings. The Balaban J connectivity index is 1.22. The summed E-state index contributed by atoms with van der Waals surface area (Å²) in [5.41, 5.74) is 4.26. The number of amides is 1. The van der Waals surface area contributed by atoms with Gasteiger partial charge in [-0.15, -0.1) is 0 Å². The molecule has 3 N–H and O–H groups in total. The smallest absolute Gasteiger partial charge is 0.229 e. The number of aryl methyl sites for hydroxylation is 1. The van der Waals surface area contributed by atoms with Crippen LogP contribution in [-0.4, -0.2) is 23.0 Å². The third kappa shape index (κ3) is 6.02. The van der Waals surface area contributed by atoms with Crippen LogP contribution in [0.15, 0.2) is 97.1 Å². The lowest BCUT2D eigenvalue weighted by atomic mass is 10.0. The predicted octanol–water partition coefficient (Wildman–Crippen LogP) is 6.62. The second-order valence-corrected chi connectivity index (χ2v) is 8.64. The second-order valence-electron chi connectivity index (χ2n) is 8.64. The maximum atomic E-state index is 12.7. The summed E-state index contributed by atoms with van der Waals surface area (Å²) in [6.07, 6.45) is 0.308. The summed E-state index contributed by atoms with van der Waals surface area (Å²) in [4.78, 5) is 21.8. The molecule has 0 spiro atoms. The van der Waals surface area contributed by atoms with Crippen LogP contribution in [0.25, 0.3) is 10.8 Å². The standard InChI is InChI=1S/C30H27N5O2/c1-20-18-28(32-23-14-16-26(37-2)17-15-23)35-30(31-20)34-25-12-10-24(11-13-25)33-29(36)19-22-8-5-7-21-6-3-4-9-27(21)22/h3-18H,19H2,1-2H3,(H,33,36)(H2,31,32,34,35). The molecule has 37 heavy (non-hydrogen) atoms. The number of hydrogen-bond donors (Lipinski definition) is 3. The fraction of sp³-hybridized carbons (Fsp3) is 0.100. The molecule has 0 unspecified atom stereocenters. The number of benzene rings is 4. The third-order valence-electron chi connectivity index (χ3n) is 5.87. The third-order valence-corrected chi connectivity index (χ3v) is 5.87. The van der Waals surface area contributed by atoms with Crippen molar-refractivity contribution in [2.24, 2.45) is 0 Å². The molecule has 1 aromatic heterocycles. The number of carbonyl (C=O) groups is 1. The Labute approximate surface area is 215 Å². The summed E-state index contributed by atoms with van der Waals surface area (Å²) in [5.74, 6) is 1.88. The minimum Gasteiger partial charge on any atom is -0.497 e. The first-order valence-electron chi connectivity index (χ1n) is 12.0. The number of aromatic nitrogens is 2. The number of nitrogens with zero attached hydrogens (tertiary/aromatic N) is 2. The number of rotatable bonds is 8. The largest absolute Gasteiger partial charge is 0.497 e. The van der Waals surface area contributed by atoms with E-state index in [0.29, 0.717) is 18.2 Å². The molecule has 0 atom stereocenters. The van der Waals surface area contributed by atoms with E-state index in [9.17, 15) is 4.79 Å². The maximum absolute atomic E-state index is 12.7. The van der Waals surface area contributed by atoms with Gasteiger partial charge in [-0.25, -0.2) is 4.98 Å². The number of ether oxygens (including phenoxy) is 1. The van der Waals surface area contributed by atoms with Gasteiger partial charge >= 0.3 is 0 Å². The van der Waals surface area contributed by atoms with Crippen molar-refractivity contribution in [3.63, 3.8) is 0 Å². The lowest BCUT2D eigenvalue weighted by molar-refractivity contribution is -0.115. The summed E-state index contributed by atoms with van der Waals surface area (Å²) in [7, 11) is 1.64. The van der Waals surface area contributed by atoms with Gasteiger partial charge < -0.3 is 20.7 Å². The average molecular weight is 490 g/mol. The zero-order chi connectivity index (χ0) is 25.6. The molecule has 0 saturated carbocycles. The molecule has 1 heterocycles. The number of hydrogen-bond acceptors (Lipinski definition) is 6. The Kier molecular flexibility index (Phi) is 6.94. The zero-order valence-electron chi connectivity index (χ0n) is 20.7. The van der Waals surface area contributed by atoms with Crippen LogP contribution in [0, 0.1) is 6.92 Å². The molecule has 0 radical (unpaired) electrons. The monoisotopic (exact) mass is 489 g/mol. The summed E-state index contributed by atoms with van der Waals surface area (Å²) in [6.45, 7) is 1.92. The van der Waals surface area contributed by atoms with Gasteiger partial charge in [0.1, 0.15) is 11.6 Å². The number of anilines is 5. The first-order chi connectivity index (χ1) is 18.1. The van der Waals surface area contributed by atoms with Gasteiger partial charge in [-0.05, 0) is 71.8 Å². The molecule has 0 saturated heterocycles. The summed E-state index contributed by atoms with van der Waals surface area (Å²) < 4.78 is 5.21. The van der Waals surface area contributed by atoms with Crippen LogP contribution in [0.4, 0.5) is 28.8 Å².